The number of carbonyl (C=O) groups excluding carboxylic acids is 3. The maximum Gasteiger partial charge on any atom is 0.162 e. The van der Waals surface area contributed by atoms with Crippen molar-refractivity contribution in [2.75, 3.05) is 0 Å². The fourth-order valence-electron chi connectivity index (χ4n) is 3.69. The van der Waals surface area contributed by atoms with Gasteiger partial charge in [-0.25, -0.2) is 4.39 Å². The largest absolute Gasteiger partial charge is 0.512 e. The Bertz CT molecular complexity index is 701. The molecule has 1 saturated carbocycles. The van der Waals surface area contributed by atoms with Gasteiger partial charge in [0.1, 0.15) is 17.4 Å². The van der Waals surface area contributed by atoms with Crippen LogP contribution in [0.4, 0.5) is 4.39 Å². The Morgan fingerprint density at radius 2 is 1.50 bits per heavy atom. The Balaban J connectivity index is 2.13. The Hall–Kier alpha value is -2.30. The highest BCUT2D eigenvalue weighted by Crippen LogP contribution is 2.41. The molecule has 2 aliphatic carbocycles. The molecule has 0 amide bonds. The number of rotatable bonds is 3. The third-order valence-corrected chi connectivity index (χ3v) is 4.84. The normalized spacial score (nSPS) is 21.3. The van der Waals surface area contributed by atoms with Crippen molar-refractivity contribution < 1.29 is 23.9 Å². The van der Waals surface area contributed by atoms with Crippen LogP contribution in [0.15, 0.2) is 35.6 Å². The van der Waals surface area contributed by atoms with E-state index in [1.807, 2.05) is 0 Å². The van der Waals surface area contributed by atoms with Crippen LogP contribution in [-0.2, 0) is 14.4 Å². The monoisotopic (exact) mass is 330 g/mol. The summed E-state index contributed by atoms with van der Waals surface area (Å²) in [5.41, 5.74) is 0.670. The van der Waals surface area contributed by atoms with Gasteiger partial charge in [0, 0.05) is 37.2 Å². The number of benzene rings is 1. The molecular formula is C19H19FO4. The van der Waals surface area contributed by atoms with Crippen LogP contribution in [0.2, 0.25) is 0 Å². The molecule has 24 heavy (non-hydrogen) atoms. The van der Waals surface area contributed by atoms with Crippen LogP contribution in [0.25, 0.3) is 0 Å². The van der Waals surface area contributed by atoms with E-state index in [4.69, 9.17) is 0 Å². The van der Waals surface area contributed by atoms with Gasteiger partial charge in [0.2, 0.25) is 0 Å². The summed E-state index contributed by atoms with van der Waals surface area (Å²) in [6.45, 7) is 0. The predicted molar refractivity (Wildman–Crippen MR) is 85.0 cm³/mol. The SMILES string of the molecule is O=C1CCCC(O)=C1[C@@H](c1ccc(F)cc1)C1C(=O)CCCC1=O. The third-order valence-electron chi connectivity index (χ3n) is 4.84. The van der Waals surface area contributed by atoms with Gasteiger partial charge in [0.25, 0.3) is 0 Å². The Kier molecular flexibility index (Phi) is 4.60. The Morgan fingerprint density at radius 3 is 2.08 bits per heavy atom. The van der Waals surface area contributed by atoms with Crippen LogP contribution in [-0.4, -0.2) is 22.5 Å². The van der Waals surface area contributed by atoms with Crippen molar-refractivity contribution in [2.24, 2.45) is 5.92 Å². The lowest BCUT2D eigenvalue weighted by Gasteiger charge is -2.31. The average Bonchev–Trinajstić information content (AvgIpc) is 2.54. The van der Waals surface area contributed by atoms with Crippen molar-refractivity contribution in [3.8, 4) is 0 Å². The van der Waals surface area contributed by atoms with E-state index in [2.05, 4.69) is 0 Å². The predicted octanol–water partition coefficient (Wildman–Crippen LogP) is 3.41. The summed E-state index contributed by atoms with van der Waals surface area (Å²) < 4.78 is 13.3. The fraction of sp³-hybridized carbons (Fsp3) is 0.421. The van der Waals surface area contributed by atoms with Crippen molar-refractivity contribution in [1.29, 1.82) is 0 Å². The summed E-state index contributed by atoms with van der Waals surface area (Å²) in [7, 11) is 0. The quantitative estimate of drug-likeness (QED) is 0.862. The molecule has 0 unspecified atom stereocenters. The Morgan fingerprint density at radius 1 is 0.917 bits per heavy atom. The van der Waals surface area contributed by atoms with E-state index in [1.54, 1.807) is 0 Å². The van der Waals surface area contributed by atoms with E-state index < -0.39 is 17.7 Å². The van der Waals surface area contributed by atoms with E-state index in [0.717, 1.165) is 0 Å². The maximum absolute atomic E-state index is 13.3. The number of hydrogen-bond donors (Lipinski definition) is 1. The smallest absolute Gasteiger partial charge is 0.162 e. The zero-order valence-electron chi connectivity index (χ0n) is 13.3. The molecule has 0 heterocycles. The summed E-state index contributed by atoms with van der Waals surface area (Å²) in [5.74, 6) is -2.93. The van der Waals surface area contributed by atoms with Crippen LogP contribution < -0.4 is 0 Å². The van der Waals surface area contributed by atoms with Crippen LogP contribution in [0.5, 0.6) is 0 Å². The minimum Gasteiger partial charge on any atom is -0.512 e. The summed E-state index contributed by atoms with van der Waals surface area (Å²) in [6.07, 6.45) is 2.28. The van der Waals surface area contributed by atoms with Crippen molar-refractivity contribution in [2.45, 2.75) is 44.4 Å². The molecule has 0 aliphatic heterocycles. The second kappa shape index (κ2) is 6.67. The molecule has 0 spiro atoms. The standard InChI is InChI=1S/C19H19FO4/c20-12-9-7-11(8-10-12)17(18-13(21)3-1-4-14(18)22)19-15(23)5-2-6-16(19)24/h7-10,17-18,23H,1-6H2/t17-/m0/s1. The first-order valence-electron chi connectivity index (χ1n) is 8.25. The number of allylic oxidation sites excluding steroid dienone is 2. The molecular weight excluding hydrogens is 311 g/mol. The number of aliphatic hydroxyl groups excluding tert-OH is 1. The van der Waals surface area contributed by atoms with E-state index in [0.29, 0.717) is 24.8 Å². The van der Waals surface area contributed by atoms with Crippen molar-refractivity contribution in [3.05, 3.63) is 47.0 Å². The van der Waals surface area contributed by atoms with E-state index in [-0.39, 0.29) is 47.9 Å². The van der Waals surface area contributed by atoms with Gasteiger partial charge in [0.05, 0.1) is 11.7 Å². The topological polar surface area (TPSA) is 71.4 Å². The highest BCUT2D eigenvalue weighted by Gasteiger charge is 2.42. The van der Waals surface area contributed by atoms with E-state index >= 15 is 0 Å². The van der Waals surface area contributed by atoms with E-state index in [9.17, 15) is 23.9 Å². The molecule has 0 radical (unpaired) electrons. The first kappa shape index (κ1) is 16.6. The first-order chi connectivity index (χ1) is 11.5. The first-order valence-corrected chi connectivity index (χ1v) is 8.25. The van der Waals surface area contributed by atoms with Gasteiger partial charge in [-0.2, -0.15) is 0 Å². The van der Waals surface area contributed by atoms with Gasteiger partial charge in [-0.15, -0.1) is 0 Å². The lowest BCUT2D eigenvalue weighted by Crippen LogP contribution is -2.37. The molecule has 0 aromatic heterocycles. The third kappa shape index (κ3) is 3.03. The van der Waals surface area contributed by atoms with Gasteiger partial charge in [0.15, 0.2) is 5.78 Å². The van der Waals surface area contributed by atoms with Crippen molar-refractivity contribution in [1.82, 2.24) is 0 Å². The molecule has 3 rings (SSSR count). The number of ketones is 3. The second-order valence-corrected chi connectivity index (χ2v) is 6.43. The molecule has 1 atom stereocenters. The van der Waals surface area contributed by atoms with Gasteiger partial charge in [-0.05, 0) is 30.5 Å². The van der Waals surface area contributed by atoms with Crippen LogP contribution in [0.1, 0.15) is 50.0 Å². The zero-order valence-corrected chi connectivity index (χ0v) is 13.3. The molecule has 0 saturated heterocycles. The number of carbonyl (C=O) groups is 3. The highest BCUT2D eigenvalue weighted by atomic mass is 19.1. The number of Topliss-reactive ketones (excluding diaryl/α,β-unsaturated/α-hetero) is 3. The second-order valence-electron chi connectivity index (χ2n) is 6.43. The van der Waals surface area contributed by atoms with Gasteiger partial charge >= 0.3 is 0 Å². The molecule has 5 heteroatoms. The molecule has 1 fully saturated rings. The molecule has 4 nitrogen and oxygen atoms in total. The van der Waals surface area contributed by atoms with Crippen molar-refractivity contribution >= 4 is 17.3 Å². The van der Waals surface area contributed by atoms with Crippen LogP contribution in [0, 0.1) is 11.7 Å². The Labute approximate surface area is 139 Å². The molecule has 1 aromatic rings. The van der Waals surface area contributed by atoms with Crippen LogP contribution in [0.3, 0.4) is 0 Å². The van der Waals surface area contributed by atoms with Crippen molar-refractivity contribution in [3.63, 3.8) is 0 Å². The molecule has 2 aliphatic rings. The summed E-state index contributed by atoms with van der Waals surface area (Å²) in [4.78, 5) is 37.3. The maximum atomic E-state index is 13.3. The van der Waals surface area contributed by atoms with Crippen LogP contribution >= 0.6 is 0 Å². The minimum atomic E-state index is -0.969. The molecule has 0 bridgehead atoms. The molecule has 1 aromatic carbocycles. The molecule has 126 valence electrons. The van der Waals surface area contributed by atoms with Gasteiger partial charge in [-0.1, -0.05) is 12.1 Å². The fourth-order valence-corrected chi connectivity index (χ4v) is 3.69. The lowest BCUT2D eigenvalue weighted by molar-refractivity contribution is -0.136. The summed E-state index contributed by atoms with van der Waals surface area (Å²) >= 11 is 0. The summed E-state index contributed by atoms with van der Waals surface area (Å²) in [6, 6.07) is 5.45. The highest BCUT2D eigenvalue weighted by molar-refractivity contribution is 6.08. The van der Waals surface area contributed by atoms with E-state index in [1.165, 1.54) is 24.3 Å². The average molecular weight is 330 g/mol. The number of aliphatic hydroxyl groups is 1. The minimum absolute atomic E-state index is 0.0493. The lowest BCUT2D eigenvalue weighted by atomic mass is 9.69. The number of hydrogen-bond acceptors (Lipinski definition) is 4. The molecule has 1 N–H and O–H groups in total. The number of halogens is 1. The van der Waals surface area contributed by atoms with Gasteiger partial charge < -0.3 is 5.11 Å². The zero-order chi connectivity index (χ0) is 17.3. The van der Waals surface area contributed by atoms with Gasteiger partial charge in [-0.3, -0.25) is 14.4 Å². The summed E-state index contributed by atoms with van der Waals surface area (Å²) in [5, 5.41) is 10.3.